The van der Waals surface area contributed by atoms with Crippen LogP contribution in [0.5, 0.6) is 0 Å². The molecule has 0 saturated carbocycles. The minimum absolute atomic E-state index is 0.0149. The lowest BCUT2D eigenvalue weighted by atomic mass is 10.3. The molecule has 0 heterocycles. The Morgan fingerprint density at radius 1 is 1.42 bits per heavy atom. The van der Waals surface area contributed by atoms with E-state index in [1.807, 2.05) is 6.92 Å². The molecule has 1 N–H and O–H groups in total. The van der Waals surface area contributed by atoms with Gasteiger partial charge in [-0.3, -0.25) is 9.59 Å². The molecule has 0 aromatic rings. The monoisotopic (exact) mass is 172 g/mol. The van der Waals surface area contributed by atoms with Gasteiger partial charge in [0.05, 0.1) is 6.54 Å². The van der Waals surface area contributed by atoms with Crippen LogP contribution in [0.25, 0.3) is 0 Å². The van der Waals surface area contributed by atoms with Gasteiger partial charge in [0, 0.05) is 20.5 Å². The number of carbonyl (C=O) groups excluding carboxylic acids is 2. The molecule has 0 rings (SSSR count). The second-order valence-electron chi connectivity index (χ2n) is 2.67. The normalized spacial score (nSPS) is 9.25. The molecule has 0 aliphatic carbocycles. The fourth-order valence-corrected chi connectivity index (χ4v) is 0.787. The Morgan fingerprint density at radius 2 is 2.00 bits per heavy atom. The van der Waals surface area contributed by atoms with Crippen molar-refractivity contribution in [2.24, 2.45) is 0 Å². The van der Waals surface area contributed by atoms with E-state index >= 15 is 0 Å². The Hall–Kier alpha value is -1.06. The Balaban J connectivity index is 3.78. The third-order valence-corrected chi connectivity index (χ3v) is 1.55. The van der Waals surface area contributed by atoms with Gasteiger partial charge in [0.1, 0.15) is 0 Å². The molecule has 0 spiro atoms. The molecule has 70 valence electrons. The van der Waals surface area contributed by atoms with Gasteiger partial charge in [-0.15, -0.1) is 0 Å². The molecule has 0 saturated heterocycles. The van der Waals surface area contributed by atoms with E-state index in [2.05, 4.69) is 5.32 Å². The van der Waals surface area contributed by atoms with Crippen molar-refractivity contribution in [1.82, 2.24) is 10.2 Å². The van der Waals surface area contributed by atoms with E-state index in [1.165, 1.54) is 4.90 Å². The van der Waals surface area contributed by atoms with Gasteiger partial charge in [0.2, 0.25) is 11.8 Å². The molecule has 4 nitrogen and oxygen atoms in total. The fourth-order valence-electron chi connectivity index (χ4n) is 0.787. The molecule has 0 aliphatic rings. The van der Waals surface area contributed by atoms with Crippen LogP contribution in [0, 0.1) is 0 Å². The van der Waals surface area contributed by atoms with Crippen molar-refractivity contribution in [3.8, 4) is 0 Å². The highest BCUT2D eigenvalue weighted by Gasteiger charge is 2.09. The highest BCUT2D eigenvalue weighted by molar-refractivity contribution is 5.84. The first-order valence-corrected chi connectivity index (χ1v) is 4.06. The highest BCUT2D eigenvalue weighted by atomic mass is 16.2. The van der Waals surface area contributed by atoms with Gasteiger partial charge in [0.25, 0.3) is 0 Å². The number of hydrogen-bond acceptors (Lipinski definition) is 2. The lowest BCUT2D eigenvalue weighted by Crippen LogP contribution is -2.36. The summed E-state index contributed by atoms with van der Waals surface area (Å²) in [5, 5.41) is 2.46. The highest BCUT2D eigenvalue weighted by Crippen LogP contribution is 1.93. The third-order valence-electron chi connectivity index (χ3n) is 1.55. The van der Waals surface area contributed by atoms with Gasteiger partial charge >= 0.3 is 0 Å². The molecule has 4 heteroatoms. The lowest BCUT2D eigenvalue weighted by molar-refractivity contribution is -0.134. The van der Waals surface area contributed by atoms with Crippen LogP contribution in [0.4, 0.5) is 0 Å². The van der Waals surface area contributed by atoms with Crippen molar-refractivity contribution in [2.75, 3.05) is 20.6 Å². The van der Waals surface area contributed by atoms with Crippen molar-refractivity contribution in [1.29, 1.82) is 0 Å². The predicted molar refractivity (Wildman–Crippen MR) is 46.6 cm³/mol. The number of carbonyl (C=O) groups is 2. The second-order valence-corrected chi connectivity index (χ2v) is 2.67. The van der Waals surface area contributed by atoms with E-state index in [4.69, 9.17) is 0 Å². The van der Waals surface area contributed by atoms with Crippen molar-refractivity contribution >= 4 is 11.8 Å². The van der Waals surface area contributed by atoms with Crippen molar-refractivity contribution < 1.29 is 9.59 Å². The fraction of sp³-hybridized carbons (Fsp3) is 0.750. The number of rotatable bonds is 4. The summed E-state index contributed by atoms with van der Waals surface area (Å²) in [6.45, 7) is 2.08. The van der Waals surface area contributed by atoms with Gasteiger partial charge in [-0.05, 0) is 6.42 Å². The molecule has 0 fully saturated rings. The molecule has 0 bridgehead atoms. The molecule has 12 heavy (non-hydrogen) atoms. The smallest absolute Gasteiger partial charge is 0.239 e. The first kappa shape index (κ1) is 10.9. The van der Waals surface area contributed by atoms with Crippen LogP contribution >= 0.6 is 0 Å². The molecule has 0 unspecified atom stereocenters. The van der Waals surface area contributed by atoms with Gasteiger partial charge in [0.15, 0.2) is 0 Å². The predicted octanol–water partition coefficient (Wildman–Crippen LogP) is -0.00910. The van der Waals surface area contributed by atoms with Crippen LogP contribution in [0.15, 0.2) is 0 Å². The average Bonchev–Trinajstić information content (AvgIpc) is 2.04. The summed E-state index contributed by atoms with van der Waals surface area (Å²) in [6.07, 6.45) is 1.32. The minimum atomic E-state index is -0.137. The van der Waals surface area contributed by atoms with E-state index in [0.29, 0.717) is 6.42 Å². The Kier molecular flexibility index (Phi) is 5.08. The van der Waals surface area contributed by atoms with Crippen LogP contribution in [0.3, 0.4) is 0 Å². The Labute approximate surface area is 72.9 Å². The van der Waals surface area contributed by atoms with Crippen LogP contribution in [0.1, 0.15) is 19.8 Å². The van der Waals surface area contributed by atoms with Crippen molar-refractivity contribution in [2.45, 2.75) is 19.8 Å². The number of likely N-dealkylation sites (N-methyl/N-ethyl adjacent to an activating group) is 2. The summed E-state index contributed by atoms with van der Waals surface area (Å²) < 4.78 is 0. The van der Waals surface area contributed by atoms with Gasteiger partial charge in [-0.2, -0.15) is 0 Å². The minimum Gasteiger partial charge on any atom is -0.358 e. The number of amides is 2. The summed E-state index contributed by atoms with van der Waals surface area (Å²) in [6, 6.07) is 0. The van der Waals surface area contributed by atoms with E-state index < -0.39 is 0 Å². The maximum Gasteiger partial charge on any atom is 0.239 e. The SMILES string of the molecule is CCCC(=O)N(C)CC(=O)NC. The number of hydrogen-bond donors (Lipinski definition) is 1. The van der Waals surface area contributed by atoms with Crippen molar-refractivity contribution in [3.05, 3.63) is 0 Å². The van der Waals surface area contributed by atoms with Crippen molar-refractivity contribution in [3.63, 3.8) is 0 Å². The molecule has 0 radical (unpaired) electrons. The summed E-state index contributed by atoms with van der Waals surface area (Å²) in [7, 11) is 3.19. The van der Waals surface area contributed by atoms with E-state index in [0.717, 1.165) is 6.42 Å². The van der Waals surface area contributed by atoms with Crippen LogP contribution in [0.2, 0.25) is 0 Å². The molecular formula is C8H16N2O2. The first-order chi connectivity index (χ1) is 5.61. The van der Waals surface area contributed by atoms with Gasteiger partial charge < -0.3 is 10.2 Å². The van der Waals surface area contributed by atoms with Crippen LogP contribution in [-0.4, -0.2) is 37.4 Å². The zero-order valence-corrected chi connectivity index (χ0v) is 7.89. The topological polar surface area (TPSA) is 49.4 Å². The molecule has 0 aromatic carbocycles. The third kappa shape index (κ3) is 3.95. The first-order valence-electron chi connectivity index (χ1n) is 4.06. The zero-order valence-electron chi connectivity index (χ0n) is 7.89. The summed E-state index contributed by atoms with van der Waals surface area (Å²) in [5.41, 5.74) is 0. The van der Waals surface area contributed by atoms with Gasteiger partial charge in [-0.1, -0.05) is 6.92 Å². The molecule has 2 amide bonds. The number of nitrogens with one attached hydrogen (secondary N) is 1. The Bertz CT molecular complexity index is 168. The standard InChI is InChI=1S/C8H16N2O2/c1-4-5-8(12)10(3)6-7(11)9-2/h4-6H2,1-3H3,(H,9,11). The van der Waals surface area contributed by atoms with Crippen LogP contribution in [-0.2, 0) is 9.59 Å². The molecular weight excluding hydrogens is 156 g/mol. The summed E-state index contributed by atoms with van der Waals surface area (Å²) in [4.78, 5) is 23.4. The second kappa shape index (κ2) is 5.57. The average molecular weight is 172 g/mol. The zero-order chi connectivity index (χ0) is 9.56. The Morgan fingerprint density at radius 3 is 2.42 bits per heavy atom. The lowest BCUT2D eigenvalue weighted by Gasteiger charge is -2.15. The molecule has 0 aliphatic heterocycles. The maximum absolute atomic E-state index is 11.1. The quantitative estimate of drug-likeness (QED) is 0.648. The van der Waals surface area contributed by atoms with Crippen LogP contribution < -0.4 is 5.32 Å². The maximum atomic E-state index is 11.1. The number of nitrogens with zero attached hydrogens (tertiary/aromatic N) is 1. The van der Waals surface area contributed by atoms with E-state index in [-0.39, 0.29) is 18.4 Å². The van der Waals surface area contributed by atoms with E-state index in [9.17, 15) is 9.59 Å². The summed E-state index contributed by atoms with van der Waals surface area (Å²) in [5.74, 6) is -0.122. The molecule has 0 aromatic heterocycles. The summed E-state index contributed by atoms with van der Waals surface area (Å²) >= 11 is 0. The molecule has 0 atom stereocenters. The largest absolute Gasteiger partial charge is 0.358 e. The van der Waals surface area contributed by atoms with E-state index in [1.54, 1.807) is 14.1 Å². The van der Waals surface area contributed by atoms with Gasteiger partial charge in [-0.25, -0.2) is 0 Å².